The molecule has 1 amide bonds. The second-order valence-corrected chi connectivity index (χ2v) is 5.72. The second kappa shape index (κ2) is 7.44. The van der Waals surface area contributed by atoms with Gasteiger partial charge in [-0.25, -0.2) is 0 Å². The van der Waals surface area contributed by atoms with Gasteiger partial charge in [-0.05, 0) is 37.8 Å². The molecule has 1 aromatic rings. The lowest BCUT2D eigenvalue weighted by atomic mass is 9.94. The van der Waals surface area contributed by atoms with Gasteiger partial charge in [0, 0.05) is 18.2 Å². The van der Waals surface area contributed by atoms with Crippen LogP contribution in [0.4, 0.5) is 0 Å². The van der Waals surface area contributed by atoms with Crippen molar-refractivity contribution in [3.63, 3.8) is 0 Å². The van der Waals surface area contributed by atoms with Crippen molar-refractivity contribution in [1.82, 2.24) is 5.32 Å². The SMILES string of the molecule is CCC(CC)C(N)CNC(=O)c1c(C)cc(C)cc1C. The topological polar surface area (TPSA) is 55.1 Å². The quantitative estimate of drug-likeness (QED) is 0.839. The molecule has 0 aliphatic carbocycles. The van der Waals surface area contributed by atoms with Gasteiger partial charge in [0.15, 0.2) is 0 Å². The molecular weight excluding hydrogens is 248 g/mol. The predicted octanol–water partition coefficient (Wildman–Crippen LogP) is 3.11. The molecular formula is C17H28N2O. The van der Waals surface area contributed by atoms with Crippen LogP contribution in [0.5, 0.6) is 0 Å². The van der Waals surface area contributed by atoms with Crippen molar-refractivity contribution >= 4 is 5.91 Å². The molecule has 1 atom stereocenters. The van der Waals surface area contributed by atoms with Crippen LogP contribution in [0.3, 0.4) is 0 Å². The number of carbonyl (C=O) groups is 1. The average Bonchev–Trinajstić information content (AvgIpc) is 2.36. The molecule has 112 valence electrons. The number of benzene rings is 1. The van der Waals surface area contributed by atoms with Gasteiger partial charge < -0.3 is 11.1 Å². The molecule has 3 heteroatoms. The Hall–Kier alpha value is -1.35. The van der Waals surface area contributed by atoms with Crippen LogP contribution in [0.1, 0.15) is 53.7 Å². The minimum atomic E-state index is -0.0126. The maximum absolute atomic E-state index is 12.3. The van der Waals surface area contributed by atoms with E-state index < -0.39 is 0 Å². The molecule has 0 heterocycles. The van der Waals surface area contributed by atoms with Crippen LogP contribution in [0.25, 0.3) is 0 Å². The fourth-order valence-electron chi connectivity index (χ4n) is 2.90. The van der Waals surface area contributed by atoms with Crippen molar-refractivity contribution < 1.29 is 4.79 Å². The summed E-state index contributed by atoms with van der Waals surface area (Å²) in [5, 5.41) is 2.99. The molecule has 0 spiro atoms. The van der Waals surface area contributed by atoms with Crippen molar-refractivity contribution in [2.75, 3.05) is 6.54 Å². The molecule has 0 saturated heterocycles. The van der Waals surface area contributed by atoms with Gasteiger partial charge in [0.2, 0.25) is 0 Å². The van der Waals surface area contributed by atoms with E-state index in [4.69, 9.17) is 5.73 Å². The van der Waals surface area contributed by atoms with E-state index in [0.717, 1.165) is 29.5 Å². The van der Waals surface area contributed by atoms with E-state index in [1.165, 1.54) is 5.56 Å². The third-order valence-electron chi connectivity index (χ3n) is 4.06. The number of carbonyl (C=O) groups excluding carboxylic acids is 1. The van der Waals surface area contributed by atoms with Gasteiger partial charge in [0.05, 0.1) is 0 Å². The Kier molecular flexibility index (Phi) is 6.21. The number of aryl methyl sites for hydroxylation is 3. The number of nitrogens with one attached hydrogen (secondary N) is 1. The van der Waals surface area contributed by atoms with Crippen LogP contribution >= 0.6 is 0 Å². The third kappa shape index (κ3) is 4.07. The summed E-state index contributed by atoms with van der Waals surface area (Å²) in [7, 11) is 0. The van der Waals surface area contributed by atoms with Crippen molar-refractivity contribution in [1.29, 1.82) is 0 Å². The van der Waals surface area contributed by atoms with Crippen molar-refractivity contribution in [2.45, 2.75) is 53.5 Å². The normalized spacial score (nSPS) is 12.6. The zero-order chi connectivity index (χ0) is 15.3. The Morgan fingerprint density at radius 1 is 1.15 bits per heavy atom. The van der Waals surface area contributed by atoms with Crippen LogP contribution < -0.4 is 11.1 Å². The van der Waals surface area contributed by atoms with Gasteiger partial charge in [0.1, 0.15) is 0 Å². The average molecular weight is 276 g/mol. The number of rotatable bonds is 6. The predicted molar refractivity (Wildman–Crippen MR) is 85.0 cm³/mol. The smallest absolute Gasteiger partial charge is 0.251 e. The summed E-state index contributed by atoms with van der Waals surface area (Å²) in [5.41, 5.74) is 10.2. The van der Waals surface area contributed by atoms with Gasteiger partial charge >= 0.3 is 0 Å². The molecule has 0 radical (unpaired) electrons. The zero-order valence-corrected chi connectivity index (χ0v) is 13.4. The van der Waals surface area contributed by atoms with Crippen molar-refractivity contribution in [2.24, 2.45) is 11.7 Å². The lowest BCUT2D eigenvalue weighted by Gasteiger charge is -2.22. The molecule has 0 aliphatic rings. The van der Waals surface area contributed by atoms with Gasteiger partial charge in [-0.1, -0.05) is 44.4 Å². The van der Waals surface area contributed by atoms with Gasteiger partial charge in [-0.2, -0.15) is 0 Å². The first-order chi connectivity index (χ1) is 9.40. The highest BCUT2D eigenvalue weighted by Gasteiger charge is 2.17. The van der Waals surface area contributed by atoms with E-state index in [9.17, 15) is 4.79 Å². The maximum atomic E-state index is 12.3. The van der Waals surface area contributed by atoms with E-state index in [0.29, 0.717) is 12.5 Å². The van der Waals surface area contributed by atoms with Crippen LogP contribution in [-0.2, 0) is 0 Å². The molecule has 1 unspecified atom stereocenters. The Morgan fingerprint density at radius 2 is 1.65 bits per heavy atom. The number of amides is 1. The Morgan fingerprint density at radius 3 is 2.10 bits per heavy atom. The minimum absolute atomic E-state index is 0.0126. The highest BCUT2D eigenvalue weighted by Crippen LogP contribution is 2.16. The molecule has 1 aromatic carbocycles. The largest absolute Gasteiger partial charge is 0.350 e. The van der Waals surface area contributed by atoms with Crippen LogP contribution in [-0.4, -0.2) is 18.5 Å². The van der Waals surface area contributed by atoms with E-state index in [1.807, 2.05) is 32.9 Å². The highest BCUT2D eigenvalue weighted by molar-refractivity contribution is 5.97. The lowest BCUT2D eigenvalue weighted by molar-refractivity contribution is 0.0946. The summed E-state index contributed by atoms with van der Waals surface area (Å²) in [6.07, 6.45) is 2.10. The van der Waals surface area contributed by atoms with Gasteiger partial charge in [-0.15, -0.1) is 0 Å². The van der Waals surface area contributed by atoms with Gasteiger partial charge in [-0.3, -0.25) is 4.79 Å². The molecule has 0 aliphatic heterocycles. The molecule has 3 nitrogen and oxygen atoms in total. The van der Waals surface area contributed by atoms with Crippen LogP contribution in [0.2, 0.25) is 0 Å². The fraction of sp³-hybridized carbons (Fsp3) is 0.588. The third-order valence-corrected chi connectivity index (χ3v) is 4.06. The first kappa shape index (κ1) is 16.7. The van der Waals surface area contributed by atoms with E-state index >= 15 is 0 Å². The van der Waals surface area contributed by atoms with Crippen LogP contribution in [0.15, 0.2) is 12.1 Å². The van der Waals surface area contributed by atoms with Crippen LogP contribution in [0, 0.1) is 26.7 Å². The minimum Gasteiger partial charge on any atom is -0.350 e. The summed E-state index contributed by atoms with van der Waals surface area (Å²) in [4.78, 5) is 12.3. The second-order valence-electron chi connectivity index (χ2n) is 5.72. The monoisotopic (exact) mass is 276 g/mol. The molecule has 1 rings (SSSR count). The van der Waals surface area contributed by atoms with Crippen molar-refractivity contribution in [3.8, 4) is 0 Å². The summed E-state index contributed by atoms with van der Waals surface area (Å²) in [5.74, 6) is 0.455. The molecule has 0 fully saturated rings. The van der Waals surface area contributed by atoms with Crippen molar-refractivity contribution in [3.05, 3.63) is 34.4 Å². The first-order valence-corrected chi connectivity index (χ1v) is 7.52. The summed E-state index contributed by atoms with van der Waals surface area (Å²) in [6, 6.07) is 4.12. The molecule has 20 heavy (non-hydrogen) atoms. The number of hydrogen-bond donors (Lipinski definition) is 2. The molecule has 0 bridgehead atoms. The summed E-state index contributed by atoms with van der Waals surface area (Å²) < 4.78 is 0. The molecule has 0 saturated carbocycles. The standard InChI is InChI=1S/C17H28N2O/c1-6-14(7-2)15(18)10-19-17(20)16-12(4)8-11(3)9-13(16)5/h8-9,14-15H,6-7,10,18H2,1-5H3,(H,19,20). The molecule has 3 N–H and O–H groups in total. The summed E-state index contributed by atoms with van der Waals surface area (Å²) >= 11 is 0. The Labute approximate surface area is 122 Å². The molecule has 0 aromatic heterocycles. The number of hydrogen-bond acceptors (Lipinski definition) is 2. The zero-order valence-electron chi connectivity index (χ0n) is 13.4. The highest BCUT2D eigenvalue weighted by atomic mass is 16.1. The Bertz CT molecular complexity index is 441. The first-order valence-electron chi connectivity index (χ1n) is 7.52. The van der Waals surface area contributed by atoms with E-state index in [1.54, 1.807) is 0 Å². The van der Waals surface area contributed by atoms with E-state index in [-0.39, 0.29) is 11.9 Å². The Balaban J connectivity index is 2.73. The van der Waals surface area contributed by atoms with Gasteiger partial charge in [0.25, 0.3) is 5.91 Å². The fourth-order valence-corrected chi connectivity index (χ4v) is 2.90. The number of nitrogens with two attached hydrogens (primary N) is 1. The van der Waals surface area contributed by atoms with E-state index in [2.05, 4.69) is 19.2 Å². The lowest BCUT2D eigenvalue weighted by Crippen LogP contribution is -2.42. The summed E-state index contributed by atoms with van der Waals surface area (Å²) in [6.45, 7) is 10.8. The maximum Gasteiger partial charge on any atom is 0.251 e.